The first-order chi connectivity index (χ1) is 20.1. The molecular weight excluding hydrogens is 560 g/mol. The molecule has 208 valence electrons. The standard InChI is InChI=1S/C31H20N2O8S/c34-25(33-24-7-3-6-22-26(24)28(36)20-5-2-1-4-19(20)27(22)35)15-42-18-11-9-17(10-12-18)32-29(37)21-13-8-16(30(38)39)14-23(21)31(40)41/h1-14H,15H2,(H,32,37)(H,33,34)(H,38,39)(H,40,41). The van der Waals surface area contributed by atoms with Gasteiger partial charge in [0.05, 0.1) is 33.7 Å². The number of hydrogen-bond donors (Lipinski definition) is 4. The molecule has 0 fully saturated rings. The van der Waals surface area contributed by atoms with Crippen molar-refractivity contribution in [1.29, 1.82) is 0 Å². The van der Waals surface area contributed by atoms with Gasteiger partial charge in [-0.15, -0.1) is 11.8 Å². The van der Waals surface area contributed by atoms with Crippen LogP contribution in [0.15, 0.2) is 89.8 Å². The van der Waals surface area contributed by atoms with Gasteiger partial charge in [-0.1, -0.05) is 36.4 Å². The molecule has 10 nitrogen and oxygen atoms in total. The zero-order chi connectivity index (χ0) is 30.0. The van der Waals surface area contributed by atoms with E-state index in [1.165, 1.54) is 11.8 Å². The van der Waals surface area contributed by atoms with Gasteiger partial charge in [-0.25, -0.2) is 9.59 Å². The highest BCUT2D eigenvalue weighted by Gasteiger charge is 2.31. The quantitative estimate of drug-likeness (QED) is 0.188. The molecule has 4 aromatic carbocycles. The first kappa shape index (κ1) is 28.0. The SMILES string of the molecule is O=C(CSc1ccc(NC(=O)c2ccc(C(=O)O)cc2C(=O)O)cc1)Nc1cccc2c1C(=O)c1ccccc1C2=O. The fraction of sp³-hybridized carbons (Fsp3) is 0.0323. The molecule has 4 aromatic rings. The summed E-state index contributed by atoms with van der Waals surface area (Å²) in [6, 6.07) is 20.9. The number of ketones is 2. The summed E-state index contributed by atoms with van der Waals surface area (Å²) < 4.78 is 0. The molecule has 0 unspecified atom stereocenters. The highest BCUT2D eigenvalue weighted by Crippen LogP contribution is 2.32. The van der Waals surface area contributed by atoms with Gasteiger partial charge >= 0.3 is 11.9 Å². The molecule has 1 aliphatic carbocycles. The number of carbonyl (C=O) groups is 6. The van der Waals surface area contributed by atoms with Crippen LogP contribution >= 0.6 is 11.8 Å². The molecule has 0 heterocycles. The lowest BCUT2D eigenvalue weighted by molar-refractivity contribution is -0.113. The fourth-order valence-electron chi connectivity index (χ4n) is 4.47. The minimum Gasteiger partial charge on any atom is -0.478 e. The van der Waals surface area contributed by atoms with Gasteiger partial charge in [-0.2, -0.15) is 0 Å². The predicted octanol–water partition coefficient (Wildman–Crippen LogP) is 4.84. The zero-order valence-corrected chi connectivity index (χ0v) is 22.4. The van der Waals surface area contributed by atoms with Crippen LogP contribution in [0.5, 0.6) is 0 Å². The number of anilines is 2. The van der Waals surface area contributed by atoms with Crippen molar-refractivity contribution in [3.8, 4) is 0 Å². The van der Waals surface area contributed by atoms with E-state index >= 15 is 0 Å². The Morgan fingerprint density at radius 1 is 0.667 bits per heavy atom. The van der Waals surface area contributed by atoms with Gasteiger partial charge in [0.25, 0.3) is 5.91 Å². The molecule has 4 N–H and O–H groups in total. The number of carboxylic acids is 2. The Morgan fingerprint density at radius 3 is 2.00 bits per heavy atom. The summed E-state index contributed by atoms with van der Waals surface area (Å²) in [5, 5.41) is 23.8. The average molecular weight is 581 g/mol. The van der Waals surface area contributed by atoms with Gasteiger partial charge in [0, 0.05) is 27.3 Å². The van der Waals surface area contributed by atoms with Crippen molar-refractivity contribution in [1.82, 2.24) is 0 Å². The fourth-order valence-corrected chi connectivity index (χ4v) is 5.17. The topological polar surface area (TPSA) is 167 Å². The number of aromatic carboxylic acids is 2. The predicted molar refractivity (Wildman–Crippen MR) is 154 cm³/mol. The average Bonchev–Trinajstić information content (AvgIpc) is 2.99. The van der Waals surface area contributed by atoms with Crippen molar-refractivity contribution in [2.24, 2.45) is 0 Å². The first-order valence-corrected chi connectivity index (χ1v) is 13.4. The summed E-state index contributed by atoms with van der Waals surface area (Å²) in [5.41, 5.74) is 0.704. The van der Waals surface area contributed by atoms with Crippen LogP contribution in [0, 0.1) is 0 Å². The Balaban J connectivity index is 1.22. The van der Waals surface area contributed by atoms with Crippen LogP contribution in [0.3, 0.4) is 0 Å². The second kappa shape index (κ2) is 11.5. The van der Waals surface area contributed by atoms with Gasteiger partial charge in [0.1, 0.15) is 0 Å². The minimum absolute atomic E-state index is 0.00794. The number of fused-ring (bicyclic) bond motifs is 2. The van der Waals surface area contributed by atoms with Crippen LogP contribution < -0.4 is 10.6 Å². The molecule has 11 heteroatoms. The van der Waals surface area contributed by atoms with E-state index in [0.717, 1.165) is 18.2 Å². The van der Waals surface area contributed by atoms with Crippen molar-refractivity contribution in [3.63, 3.8) is 0 Å². The molecule has 42 heavy (non-hydrogen) atoms. The van der Waals surface area contributed by atoms with Crippen molar-refractivity contribution in [2.75, 3.05) is 16.4 Å². The van der Waals surface area contributed by atoms with Crippen LogP contribution in [0.1, 0.15) is 62.9 Å². The Hall–Kier alpha value is -5.55. The van der Waals surface area contributed by atoms with Crippen LogP contribution in [0.4, 0.5) is 11.4 Å². The van der Waals surface area contributed by atoms with E-state index < -0.39 is 29.3 Å². The van der Waals surface area contributed by atoms with Crippen LogP contribution in [0.25, 0.3) is 0 Å². The van der Waals surface area contributed by atoms with Crippen molar-refractivity contribution in [2.45, 2.75) is 4.90 Å². The number of nitrogens with one attached hydrogen (secondary N) is 2. The molecule has 0 saturated carbocycles. The molecule has 2 amide bonds. The van der Waals surface area contributed by atoms with E-state index in [2.05, 4.69) is 10.6 Å². The largest absolute Gasteiger partial charge is 0.478 e. The first-order valence-electron chi connectivity index (χ1n) is 12.4. The summed E-state index contributed by atoms with van der Waals surface area (Å²) in [4.78, 5) is 74.9. The number of hydrogen-bond acceptors (Lipinski definition) is 7. The van der Waals surface area contributed by atoms with Gasteiger partial charge in [-0.3, -0.25) is 19.2 Å². The van der Waals surface area contributed by atoms with E-state index in [-0.39, 0.29) is 50.8 Å². The normalized spacial score (nSPS) is 11.7. The molecular formula is C31H20N2O8S. The second-order valence-electron chi connectivity index (χ2n) is 9.12. The maximum Gasteiger partial charge on any atom is 0.336 e. The van der Waals surface area contributed by atoms with E-state index in [1.54, 1.807) is 66.7 Å². The third-order valence-corrected chi connectivity index (χ3v) is 7.46. The van der Waals surface area contributed by atoms with Gasteiger partial charge in [0.15, 0.2) is 11.6 Å². The Bertz CT molecular complexity index is 1810. The lowest BCUT2D eigenvalue weighted by atomic mass is 9.83. The van der Waals surface area contributed by atoms with Crippen molar-refractivity contribution >= 4 is 58.5 Å². The molecule has 1 aliphatic rings. The van der Waals surface area contributed by atoms with Crippen LogP contribution in [0.2, 0.25) is 0 Å². The summed E-state index contributed by atoms with van der Waals surface area (Å²) in [6.45, 7) is 0. The lowest BCUT2D eigenvalue weighted by Crippen LogP contribution is -2.24. The van der Waals surface area contributed by atoms with E-state index in [9.17, 15) is 33.9 Å². The van der Waals surface area contributed by atoms with Gasteiger partial charge in [0.2, 0.25) is 5.91 Å². The number of carboxylic acid groups (broad SMARTS) is 2. The summed E-state index contributed by atoms with van der Waals surface area (Å²) in [6.07, 6.45) is 0. The maximum atomic E-state index is 13.1. The molecule has 0 spiro atoms. The molecule has 0 radical (unpaired) electrons. The monoisotopic (exact) mass is 580 g/mol. The van der Waals surface area contributed by atoms with Crippen LogP contribution in [-0.2, 0) is 4.79 Å². The van der Waals surface area contributed by atoms with E-state index in [0.29, 0.717) is 16.1 Å². The molecule has 5 rings (SSSR count). The van der Waals surface area contributed by atoms with Crippen molar-refractivity contribution in [3.05, 3.63) is 124 Å². The summed E-state index contributed by atoms with van der Waals surface area (Å²) in [5.74, 6) is -4.51. The minimum atomic E-state index is -1.44. The molecule has 0 atom stereocenters. The highest BCUT2D eigenvalue weighted by molar-refractivity contribution is 8.00. The van der Waals surface area contributed by atoms with E-state index in [4.69, 9.17) is 5.11 Å². The van der Waals surface area contributed by atoms with E-state index in [1.807, 2.05) is 0 Å². The number of carbonyl (C=O) groups excluding carboxylic acids is 4. The third-order valence-electron chi connectivity index (χ3n) is 6.45. The molecule has 0 saturated heterocycles. The molecule has 0 aromatic heterocycles. The number of benzene rings is 4. The molecule has 0 bridgehead atoms. The highest BCUT2D eigenvalue weighted by atomic mass is 32.2. The Kier molecular flexibility index (Phi) is 7.67. The number of thioether (sulfide) groups is 1. The zero-order valence-electron chi connectivity index (χ0n) is 21.5. The summed E-state index contributed by atoms with van der Waals surface area (Å²) >= 11 is 1.20. The number of rotatable bonds is 8. The second-order valence-corrected chi connectivity index (χ2v) is 10.2. The lowest BCUT2D eigenvalue weighted by Gasteiger charge is -2.20. The van der Waals surface area contributed by atoms with Crippen molar-refractivity contribution < 1.29 is 39.0 Å². The molecule has 0 aliphatic heterocycles. The maximum absolute atomic E-state index is 13.1. The number of amides is 2. The summed E-state index contributed by atoms with van der Waals surface area (Å²) in [7, 11) is 0. The van der Waals surface area contributed by atoms with Crippen LogP contribution in [-0.4, -0.2) is 51.3 Å². The Morgan fingerprint density at radius 2 is 1.33 bits per heavy atom. The van der Waals surface area contributed by atoms with Gasteiger partial charge in [-0.05, 0) is 48.5 Å². The smallest absolute Gasteiger partial charge is 0.336 e. The third kappa shape index (κ3) is 5.54. The van der Waals surface area contributed by atoms with Gasteiger partial charge < -0.3 is 20.8 Å². The Labute approximate surface area is 242 Å².